The summed E-state index contributed by atoms with van der Waals surface area (Å²) in [5.41, 5.74) is 7.19. The minimum absolute atomic E-state index is 0.0527. The van der Waals surface area contributed by atoms with Gasteiger partial charge in [-0.05, 0) is 65.4 Å². The fourth-order valence-electron chi connectivity index (χ4n) is 6.15. The molecule has 0 N–H and O–H groups in total. The fraction of sp³-hybridized carbons (Fsp3) is 0.0857. The van der Waals surface area contributed by atoms with Crippen LogP contribution in [0.1, 0.15) is 22.0 Å². The highest BCUT2D eigenvalue weighted by atomic mass is 32.2. The molecular formula is C35H26N4O2S3. The normalized spacial score (nSPS) is 17.9. The van der Waals surface area contributed by atoms with Crippen molar-refractivity contribution in [3.8, 4) is 16.9 Å². The van der Waals surface area contributed by atoms with Crippen molar-refractivity contribution in [2.24, 2.45) is 15.4 Å². The number of hydrogen-bond acceptors (Lipinski definition) is 6. The average Bonchev–Trinajstić information content (AvgIpc) is 3.86. The van der Waals surface area contributed by atoms with Crippen molar-refractivity contribution in [2.45, 2.75) is 17.4 Å². The summed E-state index contributed by atoms with van der Waals surface area (Å²) in [5.74, 6) is 0.246. The Morgan fingerprint density at radius 2 is 1.48 bits per heavy atom. The summed E-state index contributed by atoms with van der Waals surface area (Å²) in [5, 5.41) is 11.2. The molecule has 2 aromatic heterocycles. The molecule has 2 aliphatic rings. The number of hydrazone groups is 1. The summed E-state index contributed by atoms with van der Waals surface area (Å²) in [6.07, 6.45) is 0.937. The molecule has 0 saturated carbocycles. The van der Waals surface area contributed by atoms with Crippen LogP contribution >= 0.6 is 22.7 Å². The third-order valence-electron chi connectivity index (χ3n) is 8.17. The molecule has 0 spiro atoms. The standard InChI is InChI=1S/C35H26N4O2S3/c40-44(41,37-35-38(26-13-5-2-6-14-26)31(23-43-35)24-10-3-1-4-11-24)28-19-17-27(18-20-28)39-34(32-16-9-21-42-32)30-22-25-12-7-8-15-29(25)33(30)36-39/h1-21,23,30,34H,22H2/b37-35-. The molecule has 1 aliphatic heterocycles. The minimum Gasteiger partial charge on any atom is -0.284 e. The van der Waals surface area contributed by atoms with Gasteiger partial charge in [0.25, 0.3) is 10.0 Å². The van der Waals surface area contributed by atoms with Crippen molar-refractivity contribution in [1.82, 2.24) is 4.57 Å². The number of anilines is 1. The van der Waals surface area contributed by atoms with Crippen LogP contribution in [-0.2, 0) is 16.4 Å². The number of para-hydroxylation sites is 1. The Balaban J connectivity index is 1.17. The van der Waals surface area contributed by atoms with Gasteiger partial charge in [-0.15, -0.1) is 27.1 Å². The summed E-state index contributed by atoms with van der Waals surface area (Å²) >= 11 is 3.03. The second-order valence-corrected chi connectivity index (χ2v) is 14.2. The molecule has 6 nitrogen and oxygen atoms in total. The monoisotopic (exact) mass is 630 g/mol. The van der Waals surface area contributed by atoms with E-state index in [0.717, 1.165) is 34.8 Å². The largest absolute Gasteiger partial charge is 0.285 e. The first kappa shape index (κ1) is 27.0. The Morgan fingerprint density at radius 3 is 2.23 bits per heavy atom. The molecule has 1 aliphatic carbocycles. The number of hydrogen-bond donors (Lipinski definition) is 0. The van der Waals surface area contributed by atoms with Crippen molar-refractivity contribution in [2.75, 3.05) is 5.01 Å². The molecule has 0 bridgehead atoms. The van der Waals surface area contributed by atoms with Crippen LogP contribution in [0.3, 0.4) is 0 Å². The lowest BCUT2D eigenvalue weighted by Gasteiger charge is -2.26. The summed E-state index contributed by atoms with van der Waals surface area (Å²) in [7, 11) is -4.00. The van der Waals surface area contributed by atoms with E-state index < -0.39 is 10.0 Å². The predicted molar refractivity (Wildman–Crippen MR) is 178 cm³/mol. The molecule has 4 aromatic carbocycles. The lowest BCUT2D eigenvalue weighted by molar-refractivity contribution is 0.564. The Labute approximate surface area is 263 Å². The van der Waals surface area contributed by atoms with Crippen LogP contribution in [0, 0.1) is 5.92 Å². The molecule has 216 valence electrons. The van der Waals surface area contributed by atoms with Gasteiger partial charge in [-0.3, -0.25) is 9.58 Å². The van der Waals surface area contributed by atoms with Crippen LogP contribution in [0.25, 0.3) is 16.9 Å². The molecule has 0 fully saturated rings. The van der Waals surface area contributed by atoms with Gasteiger partial charge in [0.1, 0.15) is 0 Å². The lowest BCUT2D eigenvalue weighted by atomic mass is 9.94. The van der Waals surface area contributed by atoms with Gasteiger partial charge in [-0.25, -0.2) is 0 Å². The van der Waals surface area contributed by atoms with Crippen molar-refractivity contribution in [3.63, 3.8) is 0 Å². The zero-order valence-corrected chi connectivity index (χ0v) is 25.8. The Kier molecular flexibility index (Phi) is 6.66. The zero-order chi connectivity index (χ0) is 29.7. The average molecular weight is 631 g/mol. The predicted octanol–water partition coefficient (Wildman–Crippen LogP) is 7.69. The first-order chi connectivity index (χ1) is 21.6. The number of thiazole rings is 1. The molecule has 3 heterocycles. The SMILES string of the molecule is O=S(=O)(/N=c1\scc(-c2ccccc2)n1-c1ccccc1)c1ccc(N2N=C3c4ccccc4CC3C2c2cccs2)cc1. The van der Waals surface area contributed by atoms with Gasteiger partial charge < -0.3 is 0 Å². The van der Waals surface area contributed by atoms with E-state index in [1.165, 1.54) is 27.3 Å². The quantitative estimate of drug-likeness (QED) is 0.190. The van der Waals surface area contributed by atoms with Crippen molar-refractivity contribution in [3.05, 3.63) is 153 Å². The number of benzene rings is 4. The number of thiophene rings is 1. The molecule has 44 heavy (non-hydrogen) atoms. The molecule has 0 radical (unpaired) electrons. The topological polar surface area (TPSA) is 67.0 Å². The van der Waals surface area contributed by atoms with Gasteiger partial charge in [-0.2, -0.15) is 13.5 Å². The van der Waals surface area contributed by atoms with Gasteiger partial charge in [0.2, 0.25) is 4.80 Å². The van der Waals surface area contributed by atoms with Crippen LogP contribution in [0.2, 0.25) is 0 Å². The molecule has 0 saturated heterocycles. The zero-order valence-electron chi connectivity index (χ0n) is 23.4. The second kappa shape index (κ2) is 10.9. The smallest absolute Gasteiger partial charge is 0.284 e. The van der Waals surface area contributed by atoms with E-state index >= 15 is 0 Å². The number of nitrogens with zero attached hydrogens (tertiary/aromatic N) is 4. The second-order valence-electron chi connectivity index (χ2n) is 10.8. The third-order valence-corrected chi connectivity index (χ3v) is 11.3. The lowest BCUT2D eigenvalue weighted by Crippen LogP contribution is -2.24. The summed E-state index contributed by atoms with van der Waals surface area (Å²) in [4.78, 5) is 1.76. The van der Waals surface area contributed by atoms with Crippen LogP contribution < -0.4 is 9.81 Å². The van der Waals surface area contributed by atoms with Crippen LogP contribution in [-0.4, -0.2) is 18.7 Å². The van der Waals surface area contributed by atoms with Crippen LogP contribution in [0.15, 0.2) is 146 Å². The number of aromatic nitrogens is 1. The minimum atomic E-state index is -4.00. The number of fused-ring (bicyclic) bond motifs is 3. The third kappa shape index (κ3) is 4.64. The van der Waals surface area contributed by atoms with E-state index in [2.05, 4.69) is 51.2 Å². The molecule has 6 aromatic rings. The van der Waals surface area contributed by atoms with E-state index in [4.69, 9.17) is 5.10 Å². The molecule has 2 unspecified atom stereocenters. The highest BCUT2D eigenvalue weighted by Gasteiger charge is 2.44. The van der Waals surface area contributed by atoms with E-state index in [-0.39, 0.29) is 16.9 Å². The van der Waals surface area contributed by atoms with Gasteiger partial charge in [0.15, 0.2) is 0 Å². The maximum Gasteiger partial charge on any atom is 0.285 e. The molecule has 9 heteroatoms. The van der Waals surface area contributed by atoms with Crippen molar-refractivity contribution < 1.29 is 8.42 Å². The van der Waals surface area contributed by atoms with E-state index in [9.17, 15) is 8.42 Å². The maximum atomic E-state index is 13.7. The maximum absolute atomic E-state index is 13.7. The van der Waals surface area contributed by atoms with Gasteiger partial charge in [0.05, 0.1) is 28.0 Å². The Bertz CT molecular complexity index is 2170. The number of sulfonamides is 1. The molecule has 2 atom stereocenters. The Hall–Kier alpha value is -4.57. The number of rotatable bonds is 6. The first-order valence-electron chi connectivity index (χ1n) is 14.3. The van der Waals surface area contributed by atoms with Crippen molar-refractivity contribution >= 4 is 44.1 Å². The van der Waals surface area contributed by atoms with Gasteiger partial charge in [-0.1, -0.05) is 78.9 Å². The summed E-state index contributed by atoms with van der Waals surface area (Å²) in [6, 6.07) is 39.4. The highest BCUT2D eigenvalue weighted by Crippen LogP contribution is 2.47. The summed E-state index contributed by atoms with van der Waals surface area (Å²) in [6.45, 7) is 0. The van der Waals surface area contributed by atoms with Gasteiger partial charge in [0, 0.05) is 27.4 Å². The molecule has 8 rings (SSSR count). The highest BCUT2D eigenvalue weighted by molar-refractivity contribution is 7.90. The molecule has 0 amide bonds. The fourth-order valence-corrected chi connectivity index (χ4v) is 9.14. The van der Waals surface area contributed by atoms with Crippen molar-refractivity contribution in [1.29, 1.82) is 0 Å². The van der Waals surface area contributed by atoms with Gasteiger partial charge >= 0.3 is 0 Å². The van der Waals surface area contributed by atoms with Crippen LogP contribution in [0.4, 0.5) is 5.69 Å². The van der Waals surface area contributed by atoms with E-state index in [1.807, 2.05) is 82.7 Å². The molecular weight excluding hydrogens is 605 g/mol. The van der Waals surface area contributed by atoms with E-state index in [1.54, 1.807) is 23.5 Å². The van der Waals surface area contributed by atoms with Crippen LogP contribution in [0.5, 0.6) is 0 Å². The van der Waals surface area contributed by atoms with E-state index in [0.29, 0.717) is 4.80 Å². The Morgan fingerprint density at radius 1 is 0.750 bits per heavy atom. The summed E-state index contributed by atoms with van der Waals surface area (Å²) < 4.78 is 33.6. The first-order valence-corrected chi connectivity index (χ1v) is 17.5.